The summed E-state index contributed by atoms with van der Waals surface area (Å²) in [5.74, 6) is -1.18. The number of rotatable bonds is 6. The molecule has 1 aliphatic carbocycles. The monoisotopic (exact) mass is 439 g/mol. The fourth-order valence-corrected chi connectivity index (χ4v) is 3.96. The second-order valence-electron chi connectivity index (χ2n) is 7.91. The molecule has 8 heteroatoms. The zero-order valence-corrected chi connectivity index (χ0v) is 16.7. The van der Waals surface area contributed by atoms with Crippen molar-refractivity contribution in [1.29, 1.82) is 0 Å². The van der Waals surface area contributed by atoms with E-state index < -0.39 is 17.7 Å². The van der Waals surface area contributed by atoms with Gasteiger partial charge in [0.15, 0.2) is 11.5 Å². The van der Waals surface area contributed by atoms with E-state index in [0.717, 1.165) is 5.56 Å². The number of carboxylic acids is 1. The fourth-order valence-electron chi connectivity index (χ4n) is 3.96. The van der Waals surface area contributed by atoms with E-state index in [4.69, 9.17) is 5.11 Å². The Hall–Kier alpha value is -3.81. The van der Waals surface area contributed by atoms with Crippen molar-refractivity contribution in [3.8, 4) is 22.8 Å². The summed E-state index contributed by atoms with van der Waals surface area (Å²) in [7, 11) is 0. The SMILES string of the molecule is O=C(O)c1ccc(-c2cccc(CC(=O)C3(c4ccc5c(c4)OC(F)(F)O5)CC3)n2)cc1.[HH]. The molecule has 6 nitrogen and oxygen atoms in total. The van der Waals surface area contributed by atoms with E-state index in [1.54, 1.807) is 36.4 Å². The smallest absolute Gasteiger partial charge is 0.478 e. The molecule has 1 aromatic heterocycles. The van der Waals surface area contributed by atoms with Crippen LogP contribution in [0.15, 0.2) is 60.7 Å². The van der Waals surface area contributed by atoms with E-state index in [2.05, 4.69) is 14.5 Å². The van der Waals surface area contributed by atoms with Crippen molar-refractivity contribution in [2.24, 2.45) is 0 Å². The van der Waals surface area contributed by atoms with Gasteiger partial charge in [0.1, 0.15) is 5.78 Å². The van der Waals surface area contributed by atoms with Crippen molar-refractivity contribution >= 4 is 11.8 Å². The number of halogens is 2. The Bertz CT molecular complexity index is 1240. The third-order valence-corrected chi connectivity index (χ3v) is 5.81. The van der Waals surface area contributed by atoms with Crippen LogP contribution in [-0.4, -0.2) is 28.1 Å². The topological polar surface area (TPSA) is 85.7 Å². The molecular weight excluding hydrogens is 420 g/mol. The molecule has 2 heterocycles. The average Bonchev–Trinajstić information content (AvgIpc) is 3.51. The quantitative estimate of drug-likeness (QED) is 0.591. The molecule has 5 rings (SSSR count). The van der Waals surface area contributed by atoms with E-state index in [0.29, 0.717) is 29.8 Å². The summed E-state index contributed by atoms with van der Waals surface area (Å²) in [6, 6.07) is 16.1. The minimum atomic E-state index is -3.70. The van der Waals surface area contributed by atoms with Crippen LogP contribution in [-0.2, 0) is 16.6 Å². The van der Waals surface area contributed by atoms with Crippen LogP contribution >= 0.6 is 0 Å². The number of pyridine rings is 1. The minimum absolute atomic E-state index is 0. The van der Waals surface area contributed by atoms with Gasteiger partial charge >= 0.3 is 12.3 Å². The molecule has 2 aliphatic rings. The Morgan fingerprint density at radius 1 is 1.00 bits per heavy atom. The largest absolute Gasteiger partial charge is 0.586 e. The highest BCUT2D eigenvalue weighted by Gasteiger charge is 2.52. The summed E-state index contributed by atoms with van der Waals surface area (Å²) >= 11 is 0. The number of alkyl halides is 2. The van der Waals surface area contributed by atoms with E-state index in [1.165, 1.54) is 24.3 Å². The van der Waals surface area contributed by atoms with E-state index in [-0.39, 0.29) is 30.7 Å². The Kier molecular flexibility index (Phi) is 4.47. The molecule has 1 saturated carbocycles. The average molecular weight is 439 g/mol. The normalized spacial score (nSPS) is 17.1. The lowest BCUT2D eigenvalue weighted by molar-refractivity contribution is -0.286. The molecule has 3 aromatic rings. The second kappa shape index (κ2) is 7.12. The minimum Gasteiger partial charge on any atom is -0.478 e. The first kappa shape index (κ1) is 20.1. The van der Waals surface area contributed by atoms with Crippen LogP contribution in [0.25, 0.3) is 11.3 Å². The number of carboxylic acid groups (broad SMARTS) is 1. The lowest BCUT2D eigenvalue weighted by atomic mass is 9.88. The molecule has 0 atom stereocenters. The molecule has 1 aliphatic heterocycles. The van der Waals surface area contributed by atoms with Gasteiger partial charge in [0.25, 0.3) is 0 Å². The molecule has 164 valence electrons. The highest BCUT2D eigenvalue weighted by molar-refractivity contribution is 5.94. The molecule has 0 spiro atoms. The molecule has 0 amide bonds. The molecule has 0 saturated heterocycles. The number of hydrogen-bond acceptors (Lipinski definition) is 5. The molecule has 0 unspecified atom stereocenters. The van der Waals surface area contributed by atoms with E-state index in [9.17, 15) is 18.4 Å². The maximum atomic E-state index is 13.3. The highest BCUT2D eigenvalue weighted by Crippen LogP contribution is 2.52. The van der Waals surface area contributed by atoms with Crippen molar-refractivity contribution in [2.75, 3.05) is 0 Å². The van der Waals surface area contributed by atoms with Crippen molar-refractivity contribution in [2.45, 2.75) is 31.0 Å². The summed E-state index contributed by atoms with van der Waals surface area (Å²) < 4.78 is 35.6. The number of aromatic nitrogens is 1. The maximum Gasteiger partial charge on any atom is 0.586 e. The van der Waals surface area contributed by atoms with E-state index >= 15 is 0 Å². The Labute approximate surface area is 182 Å². The van der Waals surface area contributed by atoms with Crippen LogP contribution in [0, 0.1) is 0 Å². The van der Waals surface area contributed by atoms with Gasteiger partial charge in [-0.3, -0.25) is 9.78 Å². The number of fused-ring (bicyclic) bond motifs is 1. The number of Topliss-reactive ketones (excluding diaryl/α,β-unsaturated/α-hetero) is 1. The highest BCUT2D eigenvalue weighted by atomic mass is 19.3. The number of carbonyl (C=O) groups is 2. The summed E-state index contributed by atoms with van der Waals surface area (Å²) in [4.78, 5) is 28.8. The molecule has 1 fully saturated rings. The van der Waals surface area contributed by atoms with Crippen LogP contribution in [0.3, 0.4) is 0 Å². The zero-order valence-electron chi connectivity index (χ0n) is 16.7. The van der Waals surface area contributed by atoms with Crippen molar-refractivity contribution in [3.63, 3.8) is 0 Å². The first-order valence-corrected chi connectivity index (χ1v) is 9.99. The number of ketones is 1. The lowest BCUT2D eigenvalue weighted by Crippen LogP contribution is -2.26. The number of ether oxygens (including phenoxy) is 2. The van der Waals surface area contributed by atoms with Crippen molar-refractivity contribution in [3.05, 3.63) is 77.5 Å². The lowest BCUT2D eigenvalue weighted by Gasteiger charge is -2.15. The van der Waals surface area contributed by atoms with Gasteiger partial charge in [-0.15, -0.1) is 8.78 Å². The van der Waals surface area contributed by atoms with Crippen molar-refractivity contribution in [1.82, 2.24) is 4.98 Å². The summed E-state index contributed by atoms with van der Waals surface area (Å²) in [5, 5.41) is 9.04. The number of benzene rings is 2. The Morgan fingerprint density at radius 3 is 2.41 bits per heavy atom. The Morgan fingerprint density at radius 2 is 1.72 bits per heavy atom. The standard InChI is InChI=1S/C24H17F2NO5.H2/c25-24(26)31-19-9-8-16(12-20(19)32-24)23(10-11-23)21(28)13-17-2-1-3-18(27-17)14-4-6-15(7-5-14)22(29)30;/h1-9,12H,10-11,13H2,(H,29,30);1H. The van der Waals surface area contributed by atoms with Gasteiger partial charge in [-0.2, -0.15) is 0 Å². The first-order valence-electron chi connectivity index (χ1n) is 9.99. The first-order chi connectivity index (χ1) is 15.3. The van der Waals surface area contributed by atoms with Gasteiger partial charge in [0, 0.05) is 19.1 Å². The predicted octanol–water partition coefficient (Wildman–Crippen LogP) is 4.86. The Balaban J connectivity index is 0.00000259. The van der Waals surface area contributed by atoms with Gasteiger partial charge in [-0.1, -0.05) is 24.3 Å². The molecule has 0 bridgehead atoms. The number of hydrogen-bond donors (Lipinski definition) is 1. The summed E-state index contributed by atoms with van der Waals surface area (Å²) in [6.45, 7) is 0. The van der Waals surface area contributed by atoms with Crippen LogP contribution < -0.4 is 9.47 Å². The maximum absolute atomic E-state index is 13.3. The molecule has 2 aromatic carbocycles. The molecular formula is C24H19F2NO5. The number of nitrogens with zero attached hydrogens (tertiary/aromatic N) is 1. The number of aromatic carboxylic acids is 1. The van der Waals surface area contributed by atoms with Crippen LogP contribution in [0.5, 0.6) is 11.5 Å². The third kappa shape index (κ3) is 3.57. The summed E-state index contributed by atoms with van der Waals surface area (Å²) in [5.41, 5.74) is 2.01. The number of carbonyl (C=O) groups excluding carboxylic acids is 1. The van der Waals surface area contributed by atoms with Gasteiger partial charge < -0.3 is 14.6 Å². The van der Waals surface area contributed by atoms with Crippen LogP contribution in [0.4, 0.5) is 8.78 Å². The van der Waals surface area contributed by atoms with E-state index in [1.807, 2.05) is 0 Å². The van der Waals surface area contributed by atoms with Gasteiger partial charge in [0.05, 0.1) is 16.7 Å². The molecule has 0 radical (unpaired) electrons. The van der Waals surface area contributed by atoms with Gasteiger partial charge in [-0.25, -0.2) is 4.79 Å². The zero-order chi connectivity index (χ0) is 22.5. The van der Waals surface area contributed by atoms with Gasteiger partial charge in [0.2, 0.25) is 0 Å². The molecule has 1 N–H and O–H groups in total. The van der Waals surface area contributed by atoms with Crippen LogP contribution in [0.1, 0.15) is 35.9 Å². The second-order valence-corrected chi connectivity index (χ2v) is 7.91. The molecule has 32 heavy (non-hydrogen) atoms. The van der Waals surface area contributed by atoms with Crippen LogP contribution in [0.2, 0.25) is 0 Å². The van der Waals surface area contributed by atoms with Crippen molar-refractivity contribution < 1.29 is 34.4 Å². The predicted molar refractivity (Wildman–Crippen MR) is 111 cm³/mol. The van der Waals surface area contributed by atoms with Gasteiger partial charge in [-0.05, 0) is 54.8 Å². The summed E-state index contributed by atoms with van der Waals surface area (Å²) in [6.07, 6.45) is -2.36. The fraction of sp³-hybridized carbons (Fsp3) is 0.208. The third-order valence-electron chi connectivity index (χ3n) is 5.81.